The van der Waals surface area contributed by atoms with Gasteiger partial charge in [-0.25, -0.2) is 4.98 Å². The molecule has 0 bridgehead atoms. The quantitative estimate of drug-likeness (QED) is 0.134. The van der Waals surface area contributed by atoms with Crippen molar-refractivity contribution in [1.82, 2.24) is 4.98 Å². The highest BCUT2D eigenvalue weighted by Crippen LogP contribution is 2.35. The van der Waals surface area contributed by atoms with Crippen LogP contribution in [0.25, 0.3) is 22.4 Å². The van der Waals surface area contributed by atoms with Crippen LogP contribution in [0.1, 0.15) is 21.5 Å². The number of benzene rings is 3. The summed E-state index contributed by atoms with van der Waals surface area (Å²) in [6.07, 6.45) is 0. The average Bonchev–Trinajstić information content (AvgIpc) is 2.87. The third kappa shape index (κ3) is 4.87. The first kappa shape index (κ1) is 22.9. The molecular formula is C27H19N3O3S. The van der Waals surface area contributed by atoms with Crippen molar-refractivity contribution in [3.63, 3.8) is 0 Å². The fourth-order valence-corrected chi connectivity index (χ4v) is 4.46. The van der Waals surface area contributed by atoms with E-state index in [0.29, 0.717) is 33.0 Å². The molecule has 0 aliphatic rings. The van der Waals surface area contributed by atoms with E-state index in [1.54, 1.807) is 18.2 Å². The number of ketones is 1. The van der Waals surface area contributed by atoms with Crippen molar-refractivity contribution in [3.05, 3.63) is 112 Å². The highest BCUT2D eigenvalue weighted by Gasteiger charge is 2.18. The Morgan fingerprint density at radius 1 is 1.00 bits per heavy atom. The van der Waals surface area contributed by atoms with Gasteiger partial charge in [-0.15, -0.1) is 0 Å². The first-order valence-corrected chi connectivity index (χ1v) is 11.4. The molecule has 0 fully saturated rings. The second kappa shape index (κ2) is 10.1. The number of aromatic nitrogens is 1. The number of non-ortho nitro benzene ring substituents is 1. The number of carbonyl (C=O) groups excluding carboxylic acids is 1. The van der Waals surface area contributed by atoms with Crippen molar-refractivity contribution in [2.45, 2.75) is 11.9 Å². The summed E-state index contributed by atoms with van der Waals surface area (Å²) in [7, 11) is 0. The van der Waals surface area contributed by atoms with Gasteiger partial charge in [-0.05, 0) is 36.2 Å². The van der Waals surface area contributed by atoms with Crippen LogP contribution < -0.4 is 0 Å². The lowest BCUT2D eigenvalue weighted by atomic mass is 9.99. The van der Waals surface area contributed by atoms with Crippen LogP contribution in [0, 0.1) is 28.4 Å². The third-order valence-corrected chi connectivity index (χ3v) is 6.32. The van der Waals surface area contributed by atoms with E-state index in [9.17, 15) is 20.2 Å². The molecular weight excluding hydrogens is 446 g/mol. The molecule has 1 heterocycles. The molecule has 6 nitrogen and oxygen atoms in total. The molecule has 1 aromatic heterocycles. The van der Waals surface area contributed by atoms with E-state index in [0.717, 1.165) is 11.1 Å². The van der Waals surface area contributed by atoms with Crippen molar-refractivity contribution in [2.24, 2.45) is 0 Å². The van der Waals surface area contributed by atoms with E-state index in [-0.39, 0.29) is 17.2 Å². The molecule has 7 heteroatoms. The number of nitro benzene ring substituents is 1. The second-order valence-corrected chi connectivity index (χ2v) is 8.51. The van der Waals surface area contributed by atoms with E-state index in [4.69, 9.17) is 4.98 Å². The Morgan fingerprint density at radius 2 is 1.68 bits per heavy atom. The number of carbonyl (C=O) groups is 1. The van der Waals surface area contributed by atoms with Crippen LogP contribution in [0.3, 0.4) is 0 Å². The smallest absolute Gasteiger partial charge is 0.269 e. The molecule has 0 spiro atoms. The molecule has 34 heavy (non-hydrogen) atoms. The summed E-state index contributed by atoms with van der Waals surface area (Å²) in [5.41, 5.74) is 4.62. The highest BCUT2D eigenvalue weighted by atomic mass is 32.2. The molecule has 0 unspecified atom stereocenters. The number of hydrogen-bond acceptors (Lipinski definition) is 6. The lowest BCUT2D eigenvalue weighted by molar-refractivity contribution is -0.384. The topological polar surface area (TPSA) is 96.9 Å². The molecule has 3 aromatic carbocycles. The normalized spacial score (nSPS) is 10.5. The Kier molecular flexibility index (Phi) is 6.81. The molecule has 0 N–H and O–H groups in total. The summed E-state index contributed by atoms with van der Waals surface area (Å²) < 4.78 is 0. The SMILES string of the molecule is Cc1ccccc1C(=O)CSc1nc(-c2ccccc2)cc(-c2ccc([N+](=O)[O-])cc2)c1C#N. The Balaban J connectivity index is 1.77. The van der Waals surface area contributed by atoms with Crippen molar-refractivity contribution in [2.75, 3.05) is 5.75 Å². The predicted octanol–water partition coefficient (Wildman–Crippen LogP) is 6.48. The highest BCUT2D eigenvalue weighted by molar-refractivity contribution is 8.00. The van der Waals surface area contributed by atoms with Crippen LogP contribution >= 0.6 is 11.8 Å². The molecule has 4 rings (SSSR count). The fourth-order valence-electron chi connectivity index (χ4n) is 3.58. The molecule has 0 radical (unpaired) electrons. The number of aryl methyl sites for hydroxylation is 1. The lowest BCUT2D eigenvalue weighted by Crippen LogP contribution is -2.05. The molecule has 0 saturated heterocycles. The molecule has 4 aromatic rings. The largest absolute Gasteiger partial charge is 0.293 e. The minimum atomic E-state index is -0.463. The molecule has 0 aliphatic heterocycles. The van der Waals surface area contributed by atoms with Gasteiger partial charge in [-0.2, -0.15) is 5.26 Å². The summed E-state index contributed by atoms with van der Waals surface area (Å²) in [4.78, 5) is 28.2. The fraction of sp³-hybridized carbons (Fsp3) is 0.0741. The van der Waals surface area contributed by atoms with Crippen LogP contribution in [0.5, 0.6) is 0 Å². The Labute approximate surface area is 201 Å². The van der Waals surface area contributed by atoms with Crippen molar-refractivity contribution < 1.29 is 9.72 Å². The average molecular weight is 466 g/mol. The molecule has 0 atom stereocenters. The van der Waals surface area contributed by atoms with Gasteiger partial charge in [0, 0.05) is 28.8 Å². The van der Waals surface area contributed by atoms with Crippen LogP contribution in [0.2, 0.25) is 0 Å². The lowest BCUT2D eigenvalue weighted by Gasteiger charge is -2.13. The van der Waals surface area contributed by atoms with Gasteiger partial charge in [0.25, 0.3) is 5.69 Å². The van der Waals surface area contributed by atoms with E-state index in [1.807, 2.05) is 61.5 Å². The van der Waals surface area contributed by atoms with Gasteiger partial charge in [-0.3, -0.25) is 14.9 Å². The zero-order chi connectivity index (χ0) is 24.1. The van der Waals surface area contributed by atoms with Gasteiger partial charge in [-0.1, -0.05) is 66.4 Å². The first-order valence-electron chi connectivity index (χ1n) is 10.4. The van der Waals surface area contributed by atoms with Gasteiger partial charge in [0.05, 0.1) is 21.9 Å². The molecule has 166 valence electrons. The summed E-state index contributed by atoms with van der Waals surface area (Å²) in [6, 6.07) is 27.0. The molecule has 0 saturated carbocycles. The van der Waals surface area contributed by atoms with Gasteiger partial charge >= 0.3 is 0 Å². The van der Waals surface area contributed by atoms with Gasteiger partial charge in [0.1, 0.15) is 11.1 Å². The van der Waals surface area contributed by atoms with E-state index in [2.05, 4.69) is 6.07 Å². The van der Waals surface area contributed by atoms with E-state index < -0.39 is 4.92 Å². The number of pyridine rings is 1. The number of Topliss-reactive ketones (excluding diaryl/α,β-unsaturated/α-hetero) is 1. The zero-order valence-electron chi connectivity index (χ0n) is 18.3. The van der Waals surface area contributed by atoms with Crippen LogP contribution in [0.15, 0.2) is 90.0 Å². The maximum absolute atomic E-state index is 12.9. The maximum atomic E-state index is 12.9. The first-order chi connectivity index (χ1) is 16.5. The minimum absolute atomic E-state index is 0.0296. The van der Waals surface area contributed by atoms with E-state index in [1.165, 1.54) is 23.9 Å². The standard InChI is InChI=1S/C27H19N3O3S/c1-18-7-5-6-10-22(18)26(31)17-34-27-24(16-28)23(19-11-13-21(14-12-19)30(32)33)15-25(29-27)20-8-3-2-4-9-20/h2-15H,17H2,1H3. The number of thioether (sulfide) groups is 1. The maximum Gasteiger partial charge on any atom is 0.269 e. The molecule has 0 aliphatic carbocycles. The number of nitrogens with zero attached hydrogens (tertiary/aromatic N) is 3. The summed E-state index contributed by atoms with van der Waals surface area (Å²) in [6.45, 7) is 1.89. The van der Waals surface area contributed by atoms with Crippen LogP contribution in [0.4, 0.5) is 5.69 Å². The summed E-state index contributed by atoms with van der Waals surface area (Å²) in [5, 5.41) is 21.5. The Hall–Kier alpha value is -4.28. The Morgan fingerprint density at radius 3 is 2.32 bits per heavy atom. The number of rotatable bonds is 7. The van der Waals surface area contributed by atoms with Gasteiger partial charge < -0.3 is 0 Å². The van der Waals surface area contributed by atoms with E-state index >= 15 is 0 Å². The predicted molar refractivity (Wildman–Crippen MR) is 133 cm³/mol. The zero-order valence-corrected chi connectivity index (χ0v) is 19.1. The van der Waals surface area contributed by atoms with Crippen LogP contribution in [-0.4, -0.2) is 21.4 Å². The third-order valence-electron chi connectivity index (χ3n) is 5.34. The number of hydrogen-bond donors (Lipinski definition) is 0. The van der Waals surface area contributed by atoms with Gasteiger partial charge in [0.15, 0.2) is 5.78 Å². The molecule has 0 amide bonds. The van der Waals surface area contributed by atoms with Crippen molar-refractivity contribution in [3.8, 4) is 28.5 Å². The van der Waals surface area contributed by atoms with Gasteiger partial charge in [0.2, 0.25) is 0 Å². The number of nitriles is 1. The Bertz CT molecular complexity index is 1410. The monoisotopic (exact) mass is 465 g/mol. The van der Waals surface area contributed by atoms with Crippen molar-refractivity contribution >= 4 is 23.2 Å². The summed E-state index contributed by atoms with van der Waals surface area (Å²) in [5.74, 6) is 0.0839. The minimum Gasteiger partial charge on any atom is -0.293 e. The van der Waals surface area contributed by atoms with Crippen LogP contribution in [-0.2, 0) is 0 Å². The van der Waals surface area contributed by atoms with Crippen molar-refractivity contribution in [1.29, 1.82) is 5.26 Å². The summed E-state index contributed by atoms with van der Waals surface area (Å²) >= 11 is 1.22. The second-order valence-electron chi connectivity index (χ2n) is 7.54. The number of nitro groups is 1.